The summed E-state index contributed by atoms with van der Waals surface area (Å²) in [6.07, 6.45) is 0. The van der Waals surface area contributed by atoms with Gasteiger partial charge >= 0.3 is 0 Å². The van der Waals surface area contributed by atoms with Crippen molar-refractivity contribution >= 4 is 12.4 Å². The molecule has 0 aromatic heterocycles. The largest absolute Gasteiger partial charge is 0.457 e. The summed E-state index contributed by atoms with van der Waals surface area (Å²) < 4.78 is 5.58. The van der Waals surface area contributed by atoms with Gasteiger partial charge < -0.3 is 9.53 Å². The molecule has 0 fully saturated rings. The van der Waals surface area contributed by atoms with E-state index in [0.717, 1.165) is 17.1 Å². The number of hydrogen-bond donors (Lipinski definition) is 0. The molecule has 0 N–H and O–H groups in total. The molecule has 0 atom stereocenters. The quantitative estimate of drug-likeness (QED) is 0.379. The molecule has 29 heavy (non-hydrogen) atoms. The maximum Gasteiger partial charge on any atom is 0.127 e. The summed E-state index contributed by atoms with van der Waals surface area (Å²) in [5.41, 5.74) is 3.43. The molecule has 0 spiro atoms. The fourth-order valence-electron chi connectivity index (χ4n) is 2.56. The number of hydrogen-bond acceptors (Lipinski definition) is 2. The first-order valence-corrected chi connectivity index (χ1v) is 9.19. The highest BCUT2D eigenvalue weighted by molar-refractivity contribution is 5.77. The van der Waals surface area contributed by atoms with E-state index >= 15 is 0 Å². The first-order valence-electron chi connectivity index (χ1n) is 9.19. The maximum atomic E-state index is 8.00. The van der Waals surface area contributed by atoms with Crippen molar-refractivity contribution in [1.29, 1.82) is 0 Å². The Morgan fingerprint density at radius 1 is 0.483 bits per heavy atom. The lowest BCUT2D eigenvalue weighted by atomic mass is 10.0. The fraction of sp³-hybridized carbons (Fsp3) is 0. The number of benzene rings is 4. The van der Waals surface area contributed by atoms with E-state index in [1.165, 1.54) is 11.1 Å². The first-order chi connectivity index (χ1) is 14.3. The summed E-state index contributed by atoms with van der Waals surface area (Å²) in [6, 6.07) is 40.0. The molecule has 0 amide bonds. The van der Waals surface area contributed by atoms with Gasteiger partial charge in [-0.2, -0.15) is 0 Å². The van der Waals surface area contributed by atoms with Gasteiger partial charge in [-0.05, 0) is 41.0 Å². The Hall–Kier alpha value is -3.91. The highest BCUT2D eigenvalue weighted by Gasteiger charge is 1.99. The van der Waals surface area contributed by atoms with Crippen LogP contribution in [-0.4, -0.2) is 6.79 Å². The summed E-state index contributed by atoms with van der Waals surface area (Å²) in [4.78, 5) is 8.00. The molecule has 0 heterocycles. The lowest BCUT2D eigenvalue weighted by Gasteiger charge is -2.04. The van der Waals surface area contributed by atoms with Gasteiger partial charge in [-0.25, -0.2) is 0 Å². The summed E-state index contributed by atoms with van der Waals surface area (Å²) in [5, 5.41) is 0. The van der Waals surface area contributed by atoms with Crippen LogP contribution in [0.25, 0.3) is 5.57 Å². The molecule has 4 aromatic carbocycles. The van der Waals surface area contributed by atoms with Crippen LogP contribution >= 0.6 is 0 Å². The van der Waals surface area contributed by atoms with E-state index in [1.54, 1.807) is 0 Å². The maximum absolute atomic E-state index is 8.00. The van der Waals surface area contributed by atoms with Gasteiger partial charge in [0.1, 0.15) is 18.3 Å². The van der Waals surface area contributed by atoms with Crippen LogP contribution in [0.2, 0.25) is 0 Å². The Morgan fingerprint density at radius 2 is 0.759 bits per heavy atom. The average Bonchev–Trinajstić information content (AvgIpc) is 2.83. The van der Waals surface area contributed by atoms with Crippen molar-refractivity contribution in [2.75, 3.05) is 0 Å². The molecule has 2 heteroatoms. The monoisotopic (exact) mass is 380 g/mol. The molecule has 0 radical (unpaired) electrons. The molecule has 4 aromatic rings. The van der Waals surface area contributed by atoms with Gasteiger partial charge in [-0.1, -0.05) is 104 Å². The molecular weight excluding hydrogens is 356 g/mol. The van der Waals surface area contributed by atoms with E-state index in [1.807, 2.05) is 104 Å². The number of carbonyl (C=O) groups excluding carboxylic acids is 1. The number of carbonyl (C=O) groups is 1. The smallest absolute Gasteiger partial charge is 0.127 e. The van der Waals surface area contributed by atoms with E-state index in [0.29, 0.717) is 0 Å². The second-order valence-electron chi connectivity index (χ2n) is 5.94. The highest BCUT2D eigenvalue weighted by Crippen LogP contribution is 2.20. The van der Waals surface area contributed by atoms with Crippen molar-refractivity contribution in [3.63, 3.8) is 0 Å². The number of rotatable bonds is 4. The molecule has 4 rings (SSSR count). The predicted molar refractivity (Wildman–Crippen MR) is 121 cm³/mol. The van der Waals surface area contributed by atoms with Crippen molar-refractivity contribution in [3.05, 3.63) is 139 Å². The van der Waals surface area contributed by atoms with Crippen LogP contribution < -0.4 is 4.74 Å². The molecule has 0 aliphatic heterocycles. The standard InChI is InChI=1S/C14H12.C12H10O.CH2O/c1-12(13-8-4-2-5-9-13)14-10-6-3-7-11-14;1-3-7-11(8-4-1)13-12-9-5-2-6-10-12;1-2/h2-11H,1H2;1-10H;1H2. The molecule has 0 saturated heterocycles. The van der Waals surface area contributed by atoms with E-state index in [4.69, 9.17) is 9.53 Å². The molecule has 144 valence electrons. The van der Waals surface area contributed by atoms with Gasteiger partial charge in [-0.3, -0.25) is 0 Å². The van der Waals surface area contributed by atoms with Gasteiger partial charge in [0, 0.05) is 0 Å². The molecule has 0 unspecified atom stereocenters. The minimum absolute atomic E-state index is 0.869. The van der Waals surface area contributed by atoms with Gasteiger partial charge in [-0.15, -0.1) is 0 Å². The van der Waals surface area contributed by atoms with Gasteiger partial charge in [0.15, 0.2) is 0 Å². The lowest BCUT2D eigenvalue weighted by Crippen LogP contribution is -1.84. The van der Waals surface area contributed by atoms with Crippen LogP contribution in [0.5, 0.6) is 11.5 Å². The third kappa shape index (κ3) is 7.31. The van der Waals surface area contributed by atoms with Gasteiger partial charge in [0.2, 0.25) is 0 Å². The van der Waals surface area contributed by atoms with Gasteiger partial charge in [0.25, 0.3) is 0 Å². The second kappa shape index (κ2) is 12.5. The Balaban J connectivity index is 0.000000191. The zero-order chi connectivity index (χ0) is 20.7. The van der Waals surface area contributed by atoms with Crippen molar-refractivity contribution in [2.24, 2.45) is 0 Å². The molecule has 0 aliphatic carbocycles. The first kappa shape index (κ1) is 21.4. The fourth-order valence-corrected chi connectivity index (χ4v) is 2.56. The summed E-state index contributed by atoms with van der Waals surface area (Å²) in [6.45, 7) is 6.10. The zero-order valence-corrected chi connectivity index (χ0v) is 16.3. The predicted octanol–water partition coefficient (Wildman–Crippen LogP) is 7.04. The average molecular weight is 380 g/mol. The molecule has 0 saturated carbocycles. The van der Waals surface area contributed by atoms with Crippen LogP contribution in [0.1, 0.15) is 11.1 Å². The Labute approximate surface area is 172 Å². The van der Waals surface area contributed by atoms with Crippen molar-refractivity contribution < 1.29 is 9.53 Å². The van der Waals surface area contributed by atoms with Crippen molar-refractivity contribution in [1.82, 2.24) is 0 Å². The van der Waals surface area contributed by atoms with E-state index < -0.39 is 0 Å². The van der Waals surface area contributed by atoms with Crippen molar-refractivity contribution in [2.45, 2.75) is 0 Å². The lowest BCUT2D eigenvalue weighted by molar-refractivity contribution is -0.0979. The van der Waals surface area contributed by atoms with E-state index in [2.05, 4.69) is 30.8 Å². The molecular formula is C27H24O2. The highest BCUT2D eigenvalue weighted by atomic mass is 16.5. The summed E-state index contributed by atoms with van der Waals surface area (Å²) >= 11 is 0. The van der Waals surface area contributed by atoms with E-state index in [9.17, 15) is 0 Å². The molecule has 0 aliphatic rings. The number of ether oxygens (including phenoxy) is 1. The number of para-hydroxylation sites is 2. The Kier molecular flexibility index (Phi) is 9.20. The minimum Gasteiger partial charge on any atom is -0.457 e. The Bertz CT molecular complexity index is 871. The van der Waals surface area contributed by atoms with Crippen LogP contribution in [-0.2, 0) is 4.79 Å². The zero-order valence-electron chi connectivity index (χ0n) is 16.3. The minimum atomic E-state index is 0.869. The topological polar surface area (TPSA) is 26.3 Å². The van der Waals surface area contributed by atoms with Crippen LogP contribution in [0, 0.1) is 0 Å². The normalized spacial score (nSPS) is 9.10. The van der Waals surface area contributed by atoms with Gasteiger partial charge in [0.05, 0.1) is 0 Å². The third-order valence-electron chi connectivity index (χ3n) is 3.97. The summed E-state index contributed by atoms with van der Waals surface area (Å²) in [5.74, 6) is 1.74. The Morgan fingerprint density at radius 3 is 1.07 bits per heavy atom. The van der Waals surface area contributed by atoms with Crippen LogP contribution in [0.4, 0.5) is 0 Å². The van der Waals surface area contributed by atoms with Crippen molar-refractivity contribution in [3.8, 4) is 11.5 Å². The van der Waals surface area contributed by atoms with E-state index in [-0.39, 0.29) is 0 Å². The molecule has 2 nitrogen and oxygen atoms in total. The third-order valence-corrected chi connectivity index (χ3v) is 3.97. The van der Waals surface area contributed by atoms with Crippen LogP contribution in [0.15, 0.2) is 128 Å². The SMILES string of the molecule is C=C(c1ccccc1)c1ccccc1.C=O.c1ccc(Oc2ccccc2)cc1. The second-order valence-corrected chi connectivity index (χ2v) is 5.94. The van der Waals surface area contributed by atoms with Crippen LogP contribution in [0.3, 0.4) is 0 Å². The summed E-state index contributed by atoms with van der Waals surface area (Å²) in [7, 11) is 0. The molecule has 0 bridgehead atoms.